The Bertz CT molecular complexity index is 295. The first kappa shape index (κ1) is 9.75. The number of hydrogen-bond donors (Lipinski definition) is 1. The largest absolute Gasteiger partial charge is 0.385 e. The second kappa shape index (κ2) is 4.63. The first-order chi connectivity index (χ1) is 6.22. The van der Waals surface area contributed by atoms with Crippen LogP contribution in [0.3, 0.4) is 0 Å². The quantitative estimate of drug-likeness (QED) is 0.698. The summed E-state index contributed by atoms with van der Waals surface area (Å²) in [6.07, 6.45) is 4.52. The van der Waals surface area contributed by atoms with Crippen molar-refractivity contribution in [1.82, 2.24) is 0 Å². The van der Waals surface area contributed by atoms with E-state index >= 15 is 0 Å². The van der Waals surface area contributed by atoms with Crippen molar-refractivity contribution in [2.75, 3.05) is 0 Å². The lowest BCUT2D eigenvalue weighted by Gasteiger charge is -1.97. The minimum absolute atomic E-state index is 0.554. The lowest BCUT2D eigenvalue weighted by Crippen LogP contribution is -1.93. The molecule has 0 heterocycles. The Kier molecular flexibility index (Phi) is 3.47. The minimum atomic E-state index is -0.554. The zero-order valence-electron chi connectivity index (χ0n) is 7.77. The van der Waals surface area contributed by atoms with Crippen LogP contribution in [0.25, 0.3) is 6.08 Å². The summed E-state index contributed by atoms with van der Waals surface area (Å²) < 4.78 is 0. The van der Waals surface area contributed by atoms with Gasteiger partial charge >= 0.3 is 0 Å². The van der Waals surface area contributed by atoms with Crippen LogP contribution in [-0.2, 0) is 0 Å². The SMILES string of the molecule is C=CC(O)/C=C/c1ccc(C)cc1. The fourth-order valence-electron chi connectivity index (χ4n) is 0.966. The standard InChI is InChI=1S/C12H14O/c1-3-12(13)9-8-11-6-4-10(2)5-7-11/h3-9,12-13H,1H2,2H3/b9-8+. The van der Waals surface area contributed by atoms with Gasteiger partial charge in [0.1, 0.15) is 0 Å². The van der Waals surface area contributed by atoms with Crippen molar-refractivity contribution in [3.05, 3.63) is 54.1 Å². The van der Waals surface area contributed by atoms with Gasteiger partial charge in [0.05, 0.1) is 6.10 Å². The molecule has 0 saturated heterocycles. The van der Waals surface area contributed by atoms with Gasteiger partial charge in [-0.25, -0.2) is 0 Å². The Morgan fingerprint density at radius 3 is 2.46 bits per heavy atom. The Hall–Kier alpha value is -1.34. The molecular weight excluding hydrogens is 160 g/mol. The van der Waals surface area contributed by atoms with Gasteiger partial charge in [0, 0.05) is 0 Å². The predicted octanol–water partition coefficient (Wildman–Crippen LogP) is 2.56. The molecule has 1 aromatic rings. The third kappa shape index (κ3) is 3.26. The zero-order valence-corrected chi connectivity index (χ0v) is 7.77. The summed E-state index contributed by atoms with van der Waals surface area (Å²) in [5, 5.41) is 9.17. The van der Waals surface area contributed by atoms with Gasteiger partial charge in [0.15, 0.2) is 0 Å². The van der Waals surface area contributed by atoms with E-state index in [1.807, 2.05) is 37.3 Å². The van der Waals surface area contributed by atoms with Gasteiger partial charge in [-0.05, 0) is 12.5 Å². The van der Waals surface area contributed by atoms with E-state index < -0.39 is 6.10 Å². The highest BCUT2D eigenvalue weighted by atomic mass is 16.3. The monoisotopic (exact) mass is 174 g/mol. The summed E-state index contributed by atoms with van der Waals surface area (Å²) >= 11 is 0. The van der Waals surface area contributed by atoms with E-state index in [1.165, 1.54) is 11.6 Å². The van der Waals surface area contributed by atoms with Crippen LogP contribution in [0.15, 0.2) is 43.0 Å². The number of aliphatic hydroxyl groups excluding tert-OH is 1. The Labute approximate surface area is 79.0 Å². The molecule has 1 rings (SSSR count). The molecule has 1 unspecified atom stereocenters. The smallest absolute Gasteiger partial charge is 0.0903 e. The summed E-state index contributed by atoms with van der Waals surface area (Å²) in [6, 6.07) is 8.11. The van der Waals surface area contributed by atoms with Crippen molar-refractivity contribution in [2.24, 2.45) is 0 Å². The van der Waals surface area contributed by atoms with Crippen molar-refractivity contribution in [3.63, 3.8) is 0 Å². The highest BCUT2D eigenvalue weighted by Gasteiger charge is 1.89. The van der Waals surface area contributed by atoms with E-state index in [9.17, 15) is 0 Å². The summed E-state index contributed by atoms with van der Waals surface area (Å²) in [7, 11) is 0. The van der Waals surface area contributed by atoms with Crippen LogP contribution in [0, 0.1) is 6.92 Å². The first-order valence-corrected chi connectivity index (χ1v) is 4.28. The Morgan fingerprint density at radius 1 is 1.31 bits per heavy atom. The van der Waals surface area contributed by atoms with Gasteiger partial charge < -0.3 is 5.11 Å². The molecule has 1 atom stereocenters. The molecule has 0 amide bonds. The third-order valence-electron chi connectivity index (χ3n) is 1.80. The fourth-order valence-corrected chi connectivity index (χ4v) is 0.966. The van der Waals surface area contributed by atoms with Gasteiger partial charge in [-0.3, -0.25) is 0 Å². The summed E-state index contributed by atoms with van der Waals surface area (Å²) in [5.41, 5.74) is 2.33. The number of aryl methyl sites for hydroxylation is 1. The van der Waals surface area contributed by atoms with Gasteiger partial charge in [0.25, 0.3) is 0 Å². The summed E-state index contributed by atoms with van der Waals surface area (Å²) in [6.45, 7) is 5.53. The molecule has 0 radical (unpaired) electrons. The van der Waals surface area contributed by atoms with Gasteiger partial charge in [0.2, 0.25) is 0 Å². The lowest BCUT2D eigenvalue weighted by molar-refractivity contribution is 0.273. The molecule has 0 aromatic heterocycles. The van der Waals surface area contributed by atoms with E-state index in [0.717, 1.165) is 5.56 Å². The molecule has 1 N–H and O–H groups in total. The molecular formula is C12H14O. The van der Waals surface area contributed by atoms with Gasteiger partial charge in [-0.15, -0.1) is 6.58 Å². The second-order valence-corrected chi connectivity index (χ2v) is 3.00. The maximum atomic E-state index is 9.17. The van der Waals surface area contributed by atoms with E-state index in [1.54, 1.807) is 6.08 Å². The molecule has 0 spiro atoms. The highest BCUT2D eigenvalue weighted by molar-refractivity contribution is 5.50. The van der Waals surface area contributed by atoms with E-state index in [4.69, 9.17) is 5.11 Å². The molecule has 1 aromatic carbocycles. The highest BCUT2D eigenvalue weighted by Crippen LogP contribution is 2.05. The molecule has 0 fully saturated rings. The molecule has 13 heavy (non-hydrogen) atoms. The van der Waals surface area contributed by atoms with Crippen molar-refractivity contribution in [3.8, 4) is 0 Å². The van der Waals surface area contributed by atoms with Crippen LogP contribution in [0.5, 0.6) is 0 Å². The van der Waals surface area contributed by atoms with E-state index in [-0.39, 0.29) is 0 Å². The van der Waals surface area contributed by atoms with Crippen molar-refractivity contribution in [2.45, 2.75) is 13.0 Å². The molecule has 68 valence electrons. The number of benzene rings is 1. The van der Waals surface area contributed by atoms with Crippen LogP contribution in [0.1, 0.15) is 11.1 Å². The summed E-state index contributed by atoms with van der Waals surface area (Å²) in [4.78, 5) is 0. The Morgan fingerprint density at radius 2 is 1.92 bits per heavy atom. The van der Waals surface area contributed by atoms with Crippen molar-refractivity contribution in [1.29, 1.82) is 0 Å². The van der Waals surface area contributed by atoms with Gasteiger partial charge in [-0.1, -0.05) is 48.1 Å². The maximum Gasteiger partial charge on any atom is 0.0903 e. The van der Waals surface area contributed by atoms with Crippen molar-refractivity contribution >= 4 is 6.08 Å². The van der Waals surface area contributed by atoms with Crippen LogP contribution < -0.4 is 0 Å². The second-order valence-electron chi connectivity index (χ2n) is 3.00. The predicted molar refractivity (Wildman–Crippen MR) is 56.4 cm³/mol. The van der Waals surface area contributed by atoms with Crippen LogP contribution in [0.2, 0.25) is 0 Å². The number of hydrogen-bond acceptors (Lipinski definition) is 1. The van der Waals surface area contributed by atoms with Gasteiger partial charge in [-0.2, -0.15) is 0 Å². The summed E-state index contributed by atoms with van der Waals surface area (Å²) in [5.74, 6) is 0. The topological polar surface area (TPSA) is 20.2 Å². The number of rotatable bonds is 3. The van der Waals surface area contributed by atoms with Crippen LogP contribution in [0.4, 0.5) is 0 Å². The third-order valence-corrected chi connectivity index (χ3v) is 1.80. The van der Waals surface area contributed by atoms with Crippen molar-refractivity contribution < 1.29 is 5.11 Å². The van der Waals surface area contributed by atoms with Crippen LogP contribution >= 0.6 is 0 Å². The van der Waals surface area contributed by atoms with E-state index in [2.05, 4.69) is 6.58 Å². The molecule has 0 aliphatic rings. The number of aliphatic hydroxyl groups is 1. The molecule has 1 heteroatoms. The normalized spacial score (nSPS) is 13.1. The first-order valence-electron chi connectivity index (χ1n) is 4.28. The Balaban J connectivity index is 2.69. The zero-order chi connectivity index (χ0) is 9.68. The fraction of sp³-hybridized carbons (Fsp3) is 0.167. The average Bonchev–Trinajstić information content (AvgIpc) is 2.16. The molecule has 1 nitrogen and oxygen atoms in total. The molecule has 0 bridgehead atoms. The average molecular weight is 174 g/mol. The lowest BCUT2D eigenvalue weighted by atomic mass is 10.1. The molecule has 0 saturated carbocycles. The van der Waals surface area contributed by atoms with Crippen LogP contribution in [-0.4, -0.2) is 11.2 Å². The molecule has 0 aliphatic carbocycles. The molecule has 0 aliphatic heterocycles. The van der Waals surface area contributed by atoms with E-state index in [0.29, 0.717) is 0 Å². The maximum absolute atomic E-state index is 9.17. The minimum Gasteiger partial charge on any atom is -0.385 e.